The Bertz CT molecular complexity index is 616. The van der Waals surface area contributed by atoms with E-state index < -0.39 is 0 Å². The molecule has 18 heavy (non-hydrogen) atoms. The minimum absolute atomic E-state index is 0.168. The van der Waals surface area contributed by atoms with E-state index in [1.54, 1.807) is 18.2 Å². The average molecular weight is 253 g/mol. The molecular weight excluding hydrogens is 242 g/mol. The Morgan fingerprint density at radius 3 is 2.56 bits per heavy atom. The quantitative estimate of drug-likeness (QED) is 0.473. The van der Waals surface area contributed by atoms with Crippen LogP contribution in [0.4, 0.5) is 0 Å². The highest BCUT2D eigenvalue weighted by molar-refractivity contribution is 7.10. The van der Waals surface area contributed by atoms with Gasteiger partial charge in [-0.15, -0.1) is 11.3 Å². The summed E-state index contributed by atoms with van der Waals surface area (Å²) in [5.41, 5.74) is 1.80. The molecule has 2 aromatic rings. The fourth-order valence-corrected chi connectivity index (χ4v) is 2.18. The van der Waals surface area contributed by atoms with E-state index >= 15 is 0 Å². The Hall–Kier alpha value is -2.18. The molecule has 3 heteroatoms. The summed E-state index contributed by atoms with van der Waals surface area (Å²) in [5, 5.41) is 11.0. The van der Waals surface area contributed by atoms with E-state index in [4.69, 9.17) is 5.26 Å². The summed E-state index contributed by atoms with van der Waals surface area (Å²) >= 11 is 1.50. The third-order valence-corrected chi connectivity index (χ3v) is 3.33. The molecule has 0 amide bonds. The van der Waals surface area contributed by atoms with E-state index in [9.17, 15) is 4.79 Å². The van der Waals surface area contributed by atoms with Crippen LogP contribution in [0.1, 0.15) is 20.8 Å². The lowest BCUT2D eigenvalue weighted by Gasteiger charge is -1.99. The summed E-state index contributed by atoms with van der Waals surface area (Å²) in [6.07, 6.45) is 1.63. The highest BCUT2D eigenvalue weighted by Gasteiger charge is 2.11. The predicted octanol–water partition coefficient (Wildman–Crippen LogP) is 3.85. The fourth-order valence-electron chi connectivity index (χ4n) is 1.52. The highest BCUT2D eigenvalue weighted by atomic mass is 32.1. The van der Waals surface area contributed by atoms with Gasteiger partial charge in [-0.1, -0.05) is 35.9 Å². The van der Waals surface area contributed by atoms with E-state index in [0.29, 0.717) is 5.56 Å². The second-order valence-electron chi connectivity index (χ2n) is 3.88. The van der Waals surface area contributed by atoms with Gasteiger partial charge in [0.1, 0.15) is 11.6 Å². The second kappa shape index (κ2) is 5.44. The molecule has 0 atom stereocenters. The SMILES string of the molecule is Cc1ccc(C(=O)C(C#N)=Cc2cccs2)cc1. The lowest BCUT2D eigenvalue weighted by molar-refractivity contribution is 0.104. The van der Waals surface area contributed by atoms with Crippen molar-refractivity contribution >= 4 is 23.2 Å². The number of carbonyl (C=O) groups is 1. The number of allylic oxidation sites excluding steroid dienone is 1. The maximum absolute atomic E-state index is 12.1. The van der Waals surface area contributed by atoms with Crippen molar-refractivity contribution in [2.45, 2.75) is 6.92 Å². The number of benzene rings is 1. The van der Waals surface area contributed by atoms with Crippen molar-refractivity contribution in [2.75, 3.05) is 0 Å². The van der Waals surface area contributed by atoms with Crippen molar-refractivity contribution in [3.63, 3.8) is 0 Å². The van der Waals surface area contributed by atoms with Gasteiger partial charge in [0, 0.05) is 10.4 Å². The predicted molar refractivity (Wildman–Crippen MR) is 73.4 cm³/mol. The summed E-state index contributed by atoms with van der Waals surface area (Å²) in [5.74, 6) is -0.231. The van der Waals surface area contributed by atoms with Crippen LogP contribution in [0.25, 0.3) is 6.08 Å². The van der Waals surface area contributed by atoms with Crippen LogP contribution in [0, 0.1) is 18.3 Å². The highest BCUT2D eigenvalue weighted by Crippen LogP contribution is 2.16. The Morgan fingerprint density at radius 1 is 1.28 bits per heavy atom. The Balaban J connectivity index is 2.32. The van der Waals surface area contributed by atoms with Gasteiger partial charge in [-0.3, -0.25) is 4.79 Å². The lowest BCUT2D eigenvalue weighted by Crippen LogP contribution is -2.01. The summed E-state index contributed by atoms with van der Waals surface area (Å²) in [6.45, 7) is 1.96. The molecule has 0 bridgehead atoms. The molecule has 0 saturated carbocycles. The van der Waals surface area contributed by atoms with Gasteiger partial charge < -0.3 is 0 Å². The van der Waals surface area contributed by atoms with Crippen molar-refractivity contribution in [1.29, 1.82) is 5.26 Å². The maximum Gasteiger partial charge on any atom is 0.203 e. The minimum Gasteiger partial charge on any atom is -0.288 e. The van der Waals surface area contributed by atoms with Gasteiger partial charge in [0.2, 0.25) is 5.78 Å². The van der Waals surface area contributed by atoms with Crippen molar-refractivity contribution in [1.82, 2.24) is 0 Å². The normalized spacial score (nSPS) is 11.0. The molecule has 1 heterocycles. The second-order valence-corrected chi connectivity index (χ2v) is 4.86. The molecule has 0 N–H and O–H groups in total. The molecule has 0 aliphatic heterocycles. The standard InChI is InChI=1S/C15H11NOS/c1-11-4-6-12(7-5-11)15(17)13(10-16)9-14-3-2-8-18-14/h2-9H,1H3. The molecule has 2 nitrogen and oxygen atoms in total. The molecule has 88 valence electrons. The van der Waals surface area contributed by atoms with Crippen molar-refractivity contribution in [2.24, 2.45) is 0 Å². The first-order valence-electron chi connectivity index (χ1n) is 5.47. The lowest BCUT2D eigenvalue weighted by atomic mass is 10.0. The summed E-state index contributed by atoms with van der Waals surface area (Å²) < 4.78 is 0. The van der Waals surface area contributed by atoms with Crippen LogP contribution in [-0.2, 0) is 0 Å². The zero-order valence-corrected chi connectivity index (χ0v) is 10.7. The first-order valence-corrected chi connectivity index (χ1v) is 6.35. The number of nitrogens with zero attached hydrogens (tertiary/aromatic N) is 1. The van der Waals surface area contributed by atoms with Crippen molar-refractivity contribution < 1.29 is 4.79 Å². The molecule has 2 rings (SSSR count). The number of thiophene rings is 1. The summed E-state index contributed by atoms with van der Waals surface area (Å²) in [4.78, 5) is 13.0. The molecular formula is C15H11NOS. The van der Waals surface area contributed by atoms with Gasteiger partial charge >= 0.3 is 0 Å². The Labute approximate surface area is 110 Å². The molecule has 0 fully saturated rings. The van der Waals surface area contributed by atoms with E-state index in [1.807, 2.05) is 42.6 Å². The zero-order valence-electron chi connectivity index (χ0n) is 9.88. The Morgan fingerprint density at radius 2 is 2.00 bits per heavy atom. The number of aryl methyl sites for hydroxylation is 1. The number of hydrogen-bond donors (Lipinski definition) is 0. The van der Waals surface area contributed by atoms with E-state index in [0.717, 1.165) is 10.4 Å². The van der Waals surface area contributed by atoms with Crippen LogP contribution in [0.3, 0.4) is 0 Å². The number of rotatable bonds is 3. The van der Waals surface area contributed by atoms with Gasteiger partial charge in [0.15, 0.2) is 0 Å². The van der Waals surface area contributed by atoms with Crippen molar-refractivity contribution in [3.05, 3.63) is 63.4 Å². The fraction of sp³-hybridized carbons (Fsp3) is 0.0667. The van der Waals surface area contributed by atoms with Crippen LogP contribution in [-0.4, -0.2) is 5.78 Å². The van der Waals surface area contributed by atoms with E-state index in [2.05, 4.69) is 0 Å². The molecule has 0 spiro atoms. The summed E-state index contributed by atoms with van der Waals surface area (Å²) in [6, 6.07) is 13.0. The van der Waals surface area contributed by atoms with Gasteiger partial charge in [-0.2, -0.15) is 5.26 Å². The third kappa shape index (κ3) is 2.73. The van der Waals surface area contributed by atoms with Crippen molar-refractivity contribution in [3.8, 4) is 6.07 Å². The topological polar surface area (TPSA) is 40.9 Å². The van der Waals surface area contributed by atoms with Gasteiger partial charge in [0.05, 0.1) is 0 Å². The average Bonchev–Trinajstić information content (AvgIpc) is 2.89. The third-order valence-electron chi connectivity index (χ3n) is 2.51. The van der Waals surface area contributed by atoms with Crippen LogP contribution in [0.2, 0.25) is 0 Å². The summed E-state index contributed by atoms with van der Waals surface area (Å²) in [7, 11) is 0. The maximum atomic E-state index is 12.1. The number of carbonyl (C=O) groups excluding carboxylic acids is 1. The first-order chi connectivity index (χ1) is 8.70. The number of hydrogen-bond acceptors (Lipinski definition) is 3. The molecule has 0 radical (unpaired) electrons. The van der Waals surface area contributed by atoms with E-state index in [1.165, 1.54) is 11.3 Å². The first kappa shape index (κ1) is 12.3. The van der Waals surface area contributed by atoms with Gasteiger partial charge in [-0.25, -0.2) is 0 Å². The molecule has 1 aromatic carbocycles. The number of ketones is 1. The van der Waals surface area contributed by atoms with Gasteiger partial charge in [-0.05, 0) is 24.4 Å². The number of Topliss-reactive ketones (excluding diaryl/α,β-unsaturated/α-hetero) is 1. The van der Waals surface area contributed by atoms with E-state index in [-0.39, 0.29) is 11.4 Å². The largest absolute Gasteiger partial charge is 0.288 e. The van der Waals surface area contributed by atoms with Crippen LogP contribution in [0.5, 0.6) is 0 Å². The smallest absolute Gasteiger partial charge is 0.203 e. The molecule has 0 saturated heterocycles. The van der Waals surface area contributed by atoms with Crippen LogP contribution >= 0.6 is 11.3 Å². The molecule has 0 aliphatic rings. The number of nitriles is 1. The molecule has 1 aromatic heterocycles. The minimum atomic E-state index is -0.231. The van der Waals surface area contributed by atoms with Crippen LogP contribution in [0.15, 0.2) is 47.4 Å². The van der Waals surface area contributed by atoms with Gasteiger partial charge in [0.25, 0.3) is 0 Å². The zero-order chi connectivity index (χ0) is 13.0. The molecule has 0 aliphatic carbocycles. The van der Waals surface area contributed by atoms with Crippen LogP contribution < -0.4 is 0 Å². The Kier molecular flexibility index (Phi) is 3.71. The molecule has 0 unspecified atom stereocenters. The monoisotopic (exact) mass is 253 g/mol.